The maximum Gasteiger partial charge on any atom is 0.228 e. The Kier molecular flexibility index (Phi) is 5.82. The van der Waals surface area contributed by atoms with Gasteiger partial charge in [0.15, 0.2) is 5.78 Å². The lowest BCUT2D eigenvalue weighted by atomic mass is 9.50. The Morgan fingerprint density at radius 2 is 1.88 bits per heavy atom. The molecule has 0 radical (unpaired) electrons. The molecule has 0 aromatic heterocycles. The summed E-state index contributed by atoms with van der Waals surface area (Å²) < 4.78 is 0.989. The lowest BCUT2D eigenvalue weighted by Gasteiger charge is -2.58. The van der Waals surface area contributed by atoms with Gasteiger partial charge in [0.1, 0.15) is 0 Å². The lowest BCUT2D eigenvalue weighted by molar-refractivity contribution is -0.127. The Morgan fingerprint density at radius 1 is 1.12 bits per heavy atom. The molecule has 5 rings (SSSR count). The van der Waals surface area contributed by atoms with Crippen LogP contribution in [0.25, 0.3) is 0 Å². The minimum atomic E-state index is -0.0424. The van der Waals surface area contributed by atoms with Crippen LogP contribution in [0, 0.1) is 34.5 Å². The third kappa shape index (κ3) is 3.77. The first-order valence-corrected chi connectivity index (χ1v) is 13.8. The zero-order valence-corrected chi connectivity index (χ0v) is 22.8. The van der Waals surface area contributed by atoms with Crippen LogP contribution in [0.3, 0.4) is 0 Å². The van der Waals surface area contributed by atoms with Gasteiger partial charge >= 0.3 is 0 Å². The Bertz CT molecular complexity index is 1060. The van der Waals surface area contributed by atoms with Gasteiger partial charge in [-0.25, -0.2) is 0 Å². The van der Waals surface area contributed by atoms with Crippen molar-refractivity contribution in [2.24, 2.45) is 34.5 Å². The van der Waals surface area contributed by atoms with Gasteiger partial charge in [-0.3, -0.25) is 9.59 Å². The average molecular weight is 528 g/mol. The van der Waals surface area contributed by atoms with Crippen LogP contribution in [0.1, 0.15) is 78.7 Å². The summed E-state index contributed by atoms with van der Waals surface area (Å²) in [5, 5.41) is 7.03. The Labute approximate surface area is 212 Å². The number of amides is 1. The van der Waals surface area contributed by atoms with Gasteiger partial charge in [-0.2, -0.15) is 0 Å². The van der Waals surface area contributed by atoms with Crippen LogP contribution in [0.15, 0.2) is 34.4 Å². The molecule has 1 aromatic carbocycles. The summed E-state index contributed by atoms with van der Waals surface area (Å²) >= 11 is 3.59. The molecule has 3 aliphatic carbocycles. The highest BCUT2D eigenvalue weighted by atomic mass is 79.9. The van der Waals surface area contributed by atoms with Crippen molar-refractivity contribution in [2.75, 3.05) is 11.9 Å². The monoisotopic (exact) mass is 526 g/mol. The summed E-state index contributed by atoms with van der Waals surface area (Å²) in [5.41, 5.74) is 3.34. The molecule has 1 heterocycles. The first-order chi connectivity index (χ1) is 15.9. The SMILES string of the molecule is CC(C)(C)c1ccc(Br)cc1NC(=O)[C@H]1CCC2C3CNC4=CC(=O)CC[C@]4(C)C3CC[C@@]21C. The van der Waals surface area contributed by atoms with E-state index in [1.165, 1.54) is 11.3 Å². The summed E-state index contributed by atoms with van der Waals surface area (Å²) in [6.45, 7) is 12.3. The van der Waals surface area contributed by atoms with Gasteiger partial charge in [0.25, 0.3) is 0 Å². The maximum atomic E-state index is 13.8. The van der Waals surface area contributed by atoms with E-state index < -0.39 is 0 Å². The number of ketones is 1. The number of allylic oxidation sites excluding steroid dienone is 2. The van der Waals surface area contributed by atoms with Crippen LogP contribution in [0.5, 0.6) is 0 Å². The fraction of sp³-hybridized carbons (Fsp3) is 0.655. The summed E-state index contributed by atoms with van der Waals surface area (Å²) in [5.74, 6) is 2.22. The predicted molar refractivity (Wildman–Crippen MR) is 140 cm³/mol. The van der Waals surface area contributed by atoms with E-state index in [4.69, 9.17) is 0 Å². The minimum absolute atomic E-state index is 0.0307. The number of hydrogen-bond donors (Lipinski definition) is 2. The van der Waals surface area contributed by atoms with E-state index >= 15 is 0 Å². The van der Waals surface area contributed by atoms with Gasteiger partial charge in [-0.05, 0) is 78.4 Å². The van der Waals surface area contributed by atoms with Gasteiger partial charge in [-0.1, -0.05) is 56.6 Å². The molecule has 1 saturated heterocycles. The van der Waals surface area contributed by atoms with Crippen LogP contribution in [0.2, 0.25) is 0 Å². The van der Waals surface area contributed by atoms with Crippen molar-refractivity contribution in [3.05, 3.63) is 40.0 Å². The van der Waals surface area contributed by atoms with Crippen LogP contribution in [0.4, 0.5) is 5.69 Å². The Balaban J connectivity index is 1.38. The molecule has 1 amide bonds. The normalized spacial score (nSPS) is 37.1. The topological polar surface area (TPSA) is 58.2 Å². The highest BCUT2D eigenvalue weighted by Gasteiger charge is 2.60. The molecule has 4 nitrogen and oxygen atoms in total. The summed E-state index contributed by atoms with van der Waals surface area (Å²) in [6.07, 6.45) is 7.83. The molecular formula is C29H39BrN2O2. The van der Waals surface area contributed by atoms with Crippen molar-refractivity contribution in [3.8, 4) is 0 Å². The first kappa shape index (κ1) is 24.1. The van der Waals surface area contributed by atoms with Gasteiger partial charge < -0.3 is 10.6 Å². The van der Waals surface area contributed by atoms with Crippen molar-refractivity contribution >= 4 is 33.3 Å². The third-order valence-corrected chi connectivity index (χ3v) is 10.5. The predicted octanol–water partition coefficient (Wildman–Crippen LogP) is 6.60. The number of fused-ring (bicyclic) bond motifs is 5. The molecule has 3 unspecified atom stereocenters. The molecule has 2 N–H and O–H groups in total. The number of piperidine rings is 1. The van der Waals surface area contributed by atoms with Crippen molar-refractivity contribution in [2.45, 2.75) is 78.6 Å². The second-order valence-corrected chi connectivity index (χ2v) is 13.7. The van der Waals surface area contributed by atoms with E-state index in [1.807, 2.05) is 12.1 Å². The number of carbonyl (C=O) groups is 2. The molecule has 2 saturated carbocycles. The van der Waals surface area contributed by atoms with Crippen molar-refractivity contribution in [1.82, 2.24) is 5.32 Å². The standard InChI is InChI=1S/C29H39BrN2O2/c1-27(2,3)22-7-6-17(30)14-24(22)32-26(34)23-9-8-20-19-16-31-25-15-18(33)10-12-29(25,5)21(19)11-13-28(20,23)4/h6-7,14-15,19-21,23,31H,8-13,16H2,1-5H3,(H,32,34)/t19?,20?,21?,23-,28+,29-/m1/s1. The van der Waals surface area contributed by atoms with E-state index in [-0.39, 0.29) is 33.9 Å². The Hall–Kier alpha value is -1.62. The molecule has 0 spiro atoms. The summed E-state index contributed by atoms with van der Waals surface area (Å²) in [4.78, 5) is 25.8. The average Bonchev–Trinajstić information content (AvgIpc) is 3.11. The van der Waals surface area contributed by atoms with E-state index in [0.717, 1.165) is 48.8 Å². The molecular weight excluding hydrogens is 488 g/mol. The quantitative estimate of drug-likeness (QED) is 0.456. The molecule has 184 valence electrons. The van der Waals surface area contributed by atoms with Crippen molar-refractivity contribution in [3.63, 3.8) is 0 Å². The van der Waals surface area contributed by atoms with Gasteiger partial charge in [0.05, 0.1) is 0 Å². The molecule has 0 bridgehead atoms. The number of benzene rings is 1. The molecule has 34 heavy (non-hydrogen) atoms. The number of carbonyl (C=O) groups excluding carboxylic acids is 2. The molecule has 4 aliphatic rings. The van der Waals surface area contributed by atoms with Crippen LogP contribution >= 0.6 is 15.9 Å². The molecule has 1 aromatic rings. The highest BCUT2D eigenvalue weighted by Crippen LogP contribution is 2.64. The lowest BCUT2D eigenvalue weighted by Crippen LogP contribution is -2.57. The Morgan fingerprint density at radius 3 is 2.62 bits per heavy atom. The van der Waals surface area contributed by atoms with Gasteiger partial charge in [0, 0.05) is 46.2 Å². The number of anilines is 1. The van der Waals surface area contributed by atoms with Gasteiger partial charge in [-0.15, -0.1) is 0 Å². The largest absolute Gasteiger partial charge is 0.387 e. The van der Waals surface area contributed by atoms with Crippen molar-refractivity contribution < 1.29 is 9.59 Å². The second kappa shape index (κ2) is 8.21. The summed E-state index contributed by atoms with van der Waals surface area (Å²) in [6, 6.07) is 6.23. The van der Waals surface area contributed by atoms with E-state index in [9.17, 15) is 9.59 Å². The number of hydrogen-bond acceptors (Lipinski definition) is 3. The molecule has 5 heteroatoms. The second-order valence-electron chi connectivity index (χ2n) is 12.8. The fourth-order valence-electron chi connectivity index (χ4n) is 8.07. The van der Waals surface area contributed by atoms with Crippen LogP contribution in [-0.4, -0.2) is 18.2 Å². The fourth-order valence-corrected chi connectivity index (χ4v) is 8.43. The minimum Gasteiger partial charge on any atom is -0.387 e. The summed E-state index contributed by atoms with van der Waals surface area (Å²) in [7, 11) is 0. The van der Waals surface area contributed by atoms with E-state index in [0.29, 0.717) is 24.2 Å². The van der Waals surface area contributed by atoms with Crippen LogP contribution in [-0.2, 0) is 15.0 Å². The smallest absolute Gasteiger partial charge is 0.228 e. The zero-order valence-electron chi connectivity index (χ0n) is 21.3. The first-order valence-electron chi connectivity index (χ1n) is 13.0. The van der Waals surface area contributed by atoms with Crippen LogP contribution < -0.4 is 10.6 Å². The van der Waals surface area contributed by atoms with E-state index in [2.05, 4.69) is 73.3 Å². The molecule has 6 atom stereocenters. The van der Waals surface area contributed by atoms with Gasteiger partial charge in [0.2, 0.25) is 5.91 Å². The number of nitrogens with one attached hydrogen (secondary N) is 2. The number of rotatable bonds is 2. The third-order valence-electron chi connectivity index (χ3n) is 9.96. The molecule has 3 fully saturated rings. The highest BCUT2D eigenvalue weighted by molar-refractivity contribution is 9.10. The molecule has 1 aliphatic heterocycles. The van der Waals surface area contributed by atoms with E-state index in [1.54, 1.807) is 0 Å². The van der Waals surface area contributed by atoms with Crippen molar-refractivity contribution in [1.29, 1.82) is 0 Å². The number of halogens is 1. The zero-order chi connectivity index (χ0) is 24.5. The maximum absolute atomic E-state index is 13.8.